The van der Waals surface area contributed by atoms with E-state index in [-0.39, 0.29) is 6.61 Å². The minimum Gasteiger partial charge on any atom is -0.394 e. The van der Waals surface area contributed by atoms with Gasteiger partial charge in [-0.2, -0.15) is 0 Å². The summed E-state index contributed by atoms with van der Waals surface area (Å²) in [5.74, 6) is 0. The highest BCUT2D eigenvalue weighted by molar-refractivity contribution is 4.52. The zero-order valence-electron chi connectivity index (χ0n) is 17.8. The summed E-state index contributed by atoms with van der Waals surface area (Å²) in [5, 5.41) is 8.54. The fourth-order valence-electron chi connectivity index (χ4n) is 2.61. The summed E-state index contributed by atoms with van der Waals surface area (Å²) in [7, 11) is 0. The summed E-state index contributed by atoms with van der Waals surface area (Å²) in [4.78, 5) is 0. The van der Waals surface area contributed by atoms with Crippen molar-refractivity contribution in [1.29, 1.82) is 0 Å². The summed E-state index contributed by atoms with van der Waals surface area (Å²) in [6.45, 7) is 9.34. The Morgan fingerprint density at radius 2 is 1.04 bits per heavy atom. The number of aliphatic hydroxyl groups excluding tert-OH is 1. The van der Waals surface area contributed by atoms with E-state index in [0.29, 0.717) is 65.6 Å². The quantitative estimate of drug-likeness (QED) is 0.268. The van der Waals surface area contributed by atoms with Gasteiger partial charge >= 0.3 is 0 Å². The van der Waals surface area contributed by atoms with Crippen molar-refractivity contribution in [1.82, 2.24) is 0 Å². The maximum Gasteiger partial charge on any atom is 0.0704 e. The molecule has 0 bridgehead atoms. The van der Waals surface area contributed by atoms with E-state index in [1.165, 1.54) is 44.9 Å². The molecule has 0 aromatic rings. The number of unbranched alkanes of at least 4 members (excludes halogenated alkanes) is 6. The second-order valence-corrected chi connectivity index (χ2v) is 6.76. The minimum absolute atomic E-state index is 0.0479. The predicted octanol–water partition coefficient (Wildman–Crippen LogP) is 3.59. The topological polar surface area (TPSA) is 66.4 Å². The van der Waals surface area contributed by atoms with Crippen molar-refractivity contribution in [2.24, 2.45) is 0 Å². The molecule has 1 N–H and O–H groups in total. The molecular weight excluding hydrogens is 348 g/mol. The van der Waals surface area contributed by atoms with Gasteiger partial charge in [0.25, 0.3) is 0 Å². The number of hydrogen-bond acceptors (Lipinski definition) is 6. The molecule has 1 atom stereocenters. The fourth-order valence-corrected chi connectivity index (χ4v) is 2.61. The lowest BCUT2D eigenvalue weighted by Gasteiger charge is -2.13. The van der Waals surface area contributed by atoms with Crippen molar-refractivity contribution in [3.05, 3.63) is 0 Å². The van der Waals surface area contributed by atoms with Crippen molar-refractivity contribution in [3.8, 4) is 0 Å². The molecule has 0 aromatic carbocycles. The van der Waals surface area contributed by atoms with Crippen LogP contribution in [0.3, 0.4) is 0 Å². The van der Waals surface area contributed by atoms with Crippen molar-refractivity contribution in [3.63, 3.8) is 0 Å². The largest absolute Gasteiger partial charge is 0.394 e. The molecule has 0 saturated carbocycles. The molecule has 0 rings (SSSR count). The molecule has 1 unspecified atom stereocenters. The smallest absolute Gasteiger partial charge is 0.0704 e. The molecule has 0 heterocycles. The summed E-state index contributed by atoms with van der Waals surface area (Å²) >= 11 is 0. The van der Waals surface area contributed by atoms with E-state index < -0.39 is 0 Å². The van der Waals surface area contributed by atoms with Gasteiger partial charge in [-0.05, 0) is 13.3 Å². The van der Waals surface area contributed by atoms with Crippen LogP contribution in [0.5, 0.6) is 0 Å². The Kier molecular flexibility index (Phi) is 23.6. The molecule has 6 nitrogen and oxygen atoms in total. The first-order chi connectivity index (χ1) is 13.3. The van der Waals surface area contributed by atoms with Crippen LogP contribution < -0.4 is 0 Å². The molecule has 0 aromatic heterocycles. The molecule has 0 aliphatic heterocycles. The van der Waals surface area contributed by atoms with Crippen LogP contribution in [0.25, 0.3) is 0 Å². The molecule has 0 aliphatic rings. The van der Waals surface area contributed by atoms with Gasteiger partial charge in [0.15, 0.2) is 0 Å². The first-order valence-corrected chi connectivity index (χ1v) is 10.8. The van der Waals surface area contributed by atoms with Gasteiger partial charge in [-0.25, -0.2) is 0 Å². The zero-order valence-corrected chi connectivity index (χ0v) is 17.8. The lowest BCUT2D eigenvalue weighted by atomic mass is 10.1. The van der Waals surface area contributed by atoms with Crippen LogP contribution in [-0.4, -0.2) is 77.3 Å². The summed E-state index contributed by atoms with van der Waals surface area (Å²) < 4.78 is 27.1. The standard InChI is InChI=1S/C21H44O6/c1-3-4-5-6-7-8-9-10-21(2)27-20-19-26-18-17-25-16-15-24-14-13-23-12-11-22/h21-22H,3-20H2,1-2H3. The van der Waals surface area contributed by atoms with Crippen LogP contribution >= 0.6 is 0 Å². The van der Waals surface area contributed by atoms with Gasteiger partial charge in [0.2, 0.25) is 0 Å². The van der Waals surface area contributed by atoms with E-state index in [9.17, 15) is 0 Å². The normalized spacial score (nSPS) is 12.6. The molecule has 0 radical (unpaired) electrons. The van der Waals surface area contributed by atoms with Crippen molar-refractivity contribution >= 4 is 0 Å². The second kappa shape index (κ2) is 23.8. The monoisotopic (exact) mass is 392 g/mol. The third-order valence-corrected chi connectivity index (χ3v) is 4.20. The van der Waals surface area contributed by atoms with Crippen molar-refractivity contribution in [2.75, 3.05) is 66.1 Å². The highest BCUT2D eigenvalue weighted by Crippen LogP contribution is 2.10. The van der Waals surface area contributed by atoms with Gasteiger partial charge < -0.3 is 28.8 Å². The van der Waals surface area contributed by atoms with E-state index in [1.54, 1.807) is 0 Å². The molecule has 27 heavy (non-hydrogen) atoms. The average Bonchev–Trinajstić information content (AvgIpc) is 2.67. The van der Waals surface area contributed by atoms with Gasteiger partial charge in [-0.3, -0.25) is 0 Å². The Morgan fingerprint density at radius 1 is 0.593 bits per heavy atom. The molecule has 6 heteroatoms. The molecule has 0 saturated heterocycles. The lowest BCUT2D eigenvalue weighted by molar-refractivity contribution is -0.0223. The van der Waals surface area contributed by atoms with Crippen LogP contribution in [0.1, 0.15) is 65.2 Å². The zero-order chi connectivity index (χ0) is 19.8. The van der Waals surface area contributed by atoms with Crippen LogP contribution in [0.2, 0.25) is 0 Å². The number of rotatable bonds is 23. The third-order valence-electron chi connectivity index (χ3n) is 4.20. The second-order valence-electron chi connectivity index (χ2n) is 6.76. The number of ether oxygens (including phenoxy) is 5. The van der Waals surface area contributed by atoms with E-state index in [1.807, 2.05) is 0 Å². The van der Waals surface area contributed by atoms with Crippen LogP contribution in [0.15, 0.2) is 0 Å². The molecule has 0 amide bonds. The molecule has 164 valence electrons. The van der Waals surface area contributed by atoms with E-state index in [4.69, 9.17) is 28.8 Å². The van der Waals surface area contributed by atoms with Gasteiger partial charge in [0, 0.05) is 0 Å². The average molecular weight is 393 g/mol. The number of hydrogen-bond donors (Lipinski definition) is 1. The predicted molar refractivity (Wildman–Crippen MR) is 108 cm³/mol. The summed E-state index contributed by atoms with van der Waals surface area (Å²) in [6, 6.07) is 0. The fraction of sp³-hybridized carbons (Fsp3) is 1.00. The minimum atomic E-state index is 0.0479. The van der Waals surface area contributed by atoms with E-state index in [0.717, 1.165) is 6.42 Å². The summed E-state index contributed by atoms with van der Waals surface area (Å²) in [5.41, 5.74) is 0. The van der Waals surface area contributed by atoms with E-state index in [2.05, 4.69) is 13.8 Å². The van der Waals surface area contributed by atoms with Gasteiger partial charge in [0.1, 0.15) is 0 Å². The van der Waals surface area contributed by atoms with Crippen LogP contribution in [0.4, 0.5) is 0 Å². The molecular formula is C21H44O6. The first kappa shape index (κ1) is 26.8. The third kappa shape index (κ3) is 23.7. The van der Waals surface area contributed by atoms with Crippen molar-refractivity contribution in [2.45, 2.75) is 71.3 Å². The lowest BCUT2D eigenvalue weighted by Crippen LogP contribution is -2.15. The van der Waals surface area contributed by atoms with Gasteiger partial charge in [0.05, 0.1) is 72.2 Å². The number of aliphatic hydroxyl groups is 1. The van der Waals surface area contributed by atoms with Gasteiger partial charge in [-0.1, -0.05) is 51.9 Å². The molecule has 0 aliphatic carbocycles. The Balaban J connectivity index is 3.10. The maximum absolute atomic E-state index is 8.54. The maximum atomic E-state index is 8.54. The van der Waals surface area contributed by atoms with Crippen LogP contribution in [0, 0.1) is 0 Å². The van der Waals surface area contributed by atoms with Crippen LogP contribution in [-0.2, 0) is 23.7 Å². The van der Waals surface area contributed by atoms with Crippen molar-refractivity contribution < 1.29 is 28.8 Å². The molecule has 0 fully saturated rings. The highest BCUT2D eigenvalue weighted by atomic mass is 16.6. The first-order valence-electron chi connectivity index (χ1n) is 10.8. The van der Waals surface area contributed by atoms with E-state index >= 15 is 0 Å². The highest BCUT2D eigenvalue weighted by Gasteiger charge is 2.02. The Morgan fingerprint density at radius 3 is 1.56 bits per heavy atom. The SMILES string of the molecule is CCCCCCCCCC(C)OCCOCCOCCOCCOCCO. The Hall–Kier alpha value is -0.240. The Bertz CT molecular complexity index is 265. The molecule has 0 spiro atoms. The Labute approximate surface area is 166 Å². The van der Waals surface area contributed by atoms with Gasteiger partial charge in [-0.15, -0.1) is 0 Å². The summed E-state index contributed by atoms with van der Waals surface area (Å²) in [6.07, 6.45) is 10.9.